The summed E-state index contributed by atoms with van der Waals surface area (Å²) in [5.41, 5.74) is 5.05. The minimum absolute atomic E-state index is 0.0146. The van der Waals surface area contributed by atoms with Crippen LogP contribution in [-0.2, 0) is 9.59 Å². The van der Waals surface area contributed by atoms with E-state index in [1.165, 1.54) is 0 Å². The van der Waals surface area contributed by atoms with Crippen LogP contribution in [0.4, 0.5) is 0 Å². The number of carbonyl (C=O) groups is 2. The molecule has 5 heteroatoms. The van der Waals surface area contributed by atoms with E-state index >= 15 is 0 Å². The predicted molar refractivity (Wildman–Crippen MR) is 66.6 cm³/mol. The topological polar surface area (TPSA) is 83.6 Å². The summed E-state index contributed by atoms with van der Waals surface area (Å²) in [6.07, 6.45) is 0.618. The van der Waals surface area contributed by atoms with Crippen molar-refractivity contribution in [2.24, 2.45) is 11.1 Å². The van der Waals surface area contributed by atoms with Gasteiger partial charge in [-0.25, -0.2) is 0 Å². The van der Waals surface area contributed by atoms with Gasteiger partial charge in [-0.05, 0) is 27.2 Å². The fraction of sp³-hybridized carbons (Fsp3) is 0.833. The summed E-state index contributed by atoms with van der Waals surface area (Å²) in [5, 5.41) is 8.68. The van der Waals surface area contributed by atoms with Gasteiger partial charge in [0.05, 0.1) is 11.8 Å². The Balaban J connectivity index is 4.81. The highest BCUT2D eigenvalue weighted by atomic mass is 16.4. The van der Waals surface area contributed by atoms with Crippen LogP contribution in [-0.4, -0.2) is 41.0 Å². The van der Waals surface area contributed by atoms with Crippen LogP contribution < -0.4 is 5.73 Å². The molecule has 0 aromatic heterocycles. The normalized spacial score (nSPS) is 14.5. The Morgan fingerprint density at radius 3 is 2.24 bits per heavy atom. The van der Waals surface area contributed by atoms with Gasteiger partial charge < -0.3 is 15.7 Å². The molecule has 0 aliphatic rings. The molecule has 0 rings (SSSR count). The van der Waals surface area contributed by atoms with E-state index in [0.717, 1.165) is 0 Å². The molecule has 1 unspecified atom stereocenters. The Bertz CT molecular complexity index is 273. The van der Waals surface area contributed by atoms with Gasteiger partial charge in [-0.2, -0.15) is 0 Å². The number of nitrogens with zero attached hydrogens (tertiary/aromatic N) is 1. The number of carboxylic acids is 1. The zero-order valence-electron chi connectivity index (χ0n) is 11.2. The summed E-state index contributed by atoms with van der Waals surface area (Å²) >= 11 is 0. The summed E-state index contributed by atoms with van der Waals surface area (Å²) < 4.78 is 0. The van der Waals surface area contributed by atoms with Crippen molar-refractivity contribution in [1.82, 2.24) is 4.90 Å². The first-order valence-electron chi connectivity index (χ1n) is 6.01. The van der Waals surface area contributed by atoms with Crippen molar-refractivity contribution in [3.05, 3.63) is 0 Å². The third kappa shape index (κ3) is 4.34. The molecule has 1 atom stereocenters. The van der Waals surface area contributed by atoms with Crippen LogP contribution in [0.1, 0.15) is 40.5 Å². The number of carboxylic acid groups (broad SMARTS) is 1. The molecule has 3 N–H and O–H groups in total. The quantitative estimate of drug-likeness (QED) is 0.701. The second kappa shape index (κ2) is 6.59. The largest absolute Gasteiger partial charge is 0.481 e. The van der Waals surface area contributed by atoms with Crippen molar-refractivity contribution in [3.8, 4) is 0 Å². The Labute approximate surface area is 103 Å². The molecule has 5 nitrogen and oxygen atoms in total. The van der Waals surface area contributed by atoms with Gasteiger partial charge in [-0.15, -0.1) is 0 Å². The highest BCUT2D eigenvalue weighted by Gasteiger charge is 2.34. The first-order chi connectivity index (χ1) is 7.78. The predicted octanol–water partition coefficient (Wildman–Crippen LogP) is 1.07. The van der Waals surface area contributed by atoms with E-state index in [2.05, 4.69) is 0 Å². The van der Waals surface area contributed by atoms with Crippen LogP contribution in [0.25, 0.3) is 0 Å². The van der Waals surface area contributed by atoms with Gasteiger partial charge in [0.2, 0.25) is 5.91 Å². The zero-order chi connectivity index (χ0) is 13.6. The lowest BCUT2D eigenvalue weighted by Gasteiger charge is -2.35. The summed E-state index contributed by atoms with van der Waals surface area (Å²) in [4.78, 5) is 24.5. The molecule has 0 saturated heterocycles. The zero-order valence-corrected chi connectivity index (χ0v) is 11.2. The summed E-state index contributed by atoms with van der Waals surface area (Å²) in [7, 11) is 0. The molecule has 0 bridgehead atoms. The fourth-order valence-corrected chi connectivity index (χ4v) is 1.54. The summed E-state index contributed by atoms with van der Waals surface area (Å²) in [5.74, 6) is -0.951. The van der Waals surface area contributed by atoms with Gasteiger partial charge in [0.1, 0.15) is 0 Å². The molecule has 0 spiro atoms. The maximum absolute atomic E-state index is 12.3. The first kappa shape index (κ1) is 15.9. The van der Waals surface area contributed by atoms with E-state index in [1.54, 1.807) is 4.90 Å². The second-order valence-corrected chi connectivity index (χ2v) is 4.85. The van der Waals surface area contributed by atoms with Crippen LogP contribution in [0, 0.1) is 5.41 Å². The monoisotopic (exact) mass is 244 g/mol. The van der Waals surface area contributed by atoms with Crippen molar-refractivity contribution in [2.45, 2.75) is 46.6 Å². The third-order valence-corrected chi connectivity index (χ3v) is 3.20. The number of carbonyl (C=O) groups excluding carboxylic acids is 1. The number of nitrogens with two attached hydrogens (primary N) is 1. The van der Waals surface area contributed by atoms with Gasteiger partial charge in [-0.3, -0.25) is 9.59 Å². The van der Waals surface area contributed by atoms with Gasteiger partial charge in [0, 0.05) is 19.1 Å². The molecular weight excluding hydrogens is 220 g/mol. The van der Waals surface area contributed by atoms with E-state index in [9.17, 15) is 9.59 Å². The maximum atomic E-state index is 12.3. The lowest BCUT2D eigenvalue weighted by Crippen LogP contribution is -2.49. The molecule has 0 aromatic carbocycles. The van der Waals surface area contributed by atoms with Gasteiger partial charge >= 0.3 is 5.97 Å². The van der Waals surface area contributed by atoms with Gasteiger partial charge in [-0.1, -0.05) is 6.92 Å². The number of rotatable bonds is 7. The third-order valence-electron chi connectivity index (χ3n) is 3.20. The molecule has 0 radical (unpaired) electrons. The summed E-state index contributed by atoms with van der Waals surface area (Å²) in [6, 6.07) is -0.0146. The Morgan fingerprint density at radius 1 is 1.41 bits per heavy atom. The highest BCUT2D eigenvalue weighted by Crippen LogP contribution is 2.24. The lowest BCUT2D eigenvalue weighted by molar-refractivity contribution is -0.144. The molecule has 1 amide bonds. The maximum Gasteiger partial charge on any atom is 0.305 e. The fourth-order valence-electron chi connectivity index (χ4n) is 1.54. The number of hydrogen-bond donors (Lipinski definition) is 2. The smallest absolute Gasteiger partial charge is 0.305 e. The average Bonchev–Trinajstić information content (AvgIpc) is 2.27. The SMILES string of the molecule is CCC(C)(CN)C(=O)N(CCC(=O)O)C(C)C. The van der Waals surface area contributed by atoms with Gasteiger partial charge in [0.15, 0.2) is 0 Å². The average molecular weight is 244 g/mol. The Kier molecular flexibility index (Phi) is 6.16. The van der Waals surface area contributed by atoms with E-state index in [0.29, 0.717) is 6.42 Å². The molecule has 0 heterocycles. The molecule has 0 aliphatic carbocycles. The van der Waals surface area contributed by atoms with Gasteiger partial charge in [0.25, 0.3) is 0 Å². The van der Waals surface area contributed by atoms with Crippen LogP contribution in [0.5, 0.6) is 0 Å². The number of amides is 1. The first-order valence-corrected chi connectivity index (χ1v) is 6.01. The minimum atomic E-state index is -0.894. The molecule has 17 heavy (non-hydrogen) atoms. The number of hydrogen-bond acceptors (Lipinski definition) is 3. The molecular formula is C12H24N2O3. The van der Waals surface area contributed by atoms with E-state index < -0.39 is 11.4 Å². The van der Waals surface area contributed by atoms with Crippen molar-refractivity contribution in [2.75, 3.05) is 13.1 Å². The van der Waals surface area contributed by atoms with Crippen molar-refractivity contribution in [3.63, 3.8) is 0 Å². The van der Waals surface area contributed by atoms with Crippen molar-refractivity contribution in [1.29, 1.82) is 0 Å². The van der Waals surface area contributed by atoms with E-state index in [1.807, 2.05) is 27.7 Å². The van der Waals surface area contributed by atoms with Crippen LogP contribution in [0.3, 0.4) is 0 Å². The van der Waals surface area contributed by atoms with Crippen LogP contribution in [0.2, 0.25) is 0 Å². The molecule has 0 aliphatic heterocycles. The van der Waals surface area contributed by atoms with Crippen molar-refractivity contribution >= 4 is 11.9 Å². The molecule has 0 saturated carbocycles. The lowest BCUT2D eigenvalue weighted by atomic mass is 9.85. The minimum Gasteiger partial charge on any atom is -0.481 e. The van der Waals surface area contributed by atoms with Crippen LogP contribution >= 0.6 is 0 Å². The number of aliphatic carboxylic acids is 1. The standard InChI is InChI=1S/C12H24N2O3/c1-5-12(4,8-13)11(17)14(9(2)3)7-6-10(15)16/h9H,5-8,13H2,1-4H3,(H,15,16). The van der Waals surface area contributed by atoms with Crippen molar-refractivity contribution < 1.29 is 14.7 Å². The summed E-state index contributed by atoms with van der Waals surface area (Å²) in [6.45, 7) is 8.02. The van der Waals surface area contributed by atoms with E-state index in [-0.39, 0.29) is 31.5 Å². The van der Waals surface area contributed by atoms with Crippen LogP contribution in [0.15, 0.2) is 0 Å². The molecule has 0 aromatic rings. The Hall–Kier alpha value is -1.10. The molecule has 100 valence electrons. The Morgan fingerprint density at radius 2 is 1.94 bits per heavy atom. The second-order valence-electron chi connectivity index (χ2n) is 4.85. The highest BCUT2D eigenvalue weighted by molar-refractivity contribution is 5.83. The molecule has 0 fully saturated rings. The van der Waals surface area contributed by atoms with E-state index in [4.69, 9.17) is 10.8 Å².